The SMILES string of the molecule is F.F.F.F.FN1C(Cl)=CC=CC1Cl.[B]. The van der Waals surface area contributed by atoms with Crippen LogP contribution in [0.4, 0.5) is 23.3 Å². The van der Waals surface area contributed by atoms with E-state index in [9.17, 15) is 4.48 Å². The first-order valence-electron chi connectivity index (χ1n) is 2.35. The van der Waals surface area contributed by atoms with E-state index < -0.39 is 5.50 Å². The lowest BCUT2D eigenvalue weighted by Gasteiger charge is -2.17. The Morgan fingerprint density at radius 1 is 1.21 bits per heavy atom. The molecule has 0 N–H and O–H groups in total. The van der Waals surface area contributed by atoms with Gasteiger partial charge in [0, 0.05) is 8.41 Å². The second kappa shape index (κ2) is 12.6. The molecule has 3 radical (unpaired) electrons. The molecule has 1 aliphatic rings. The quantitative estimate of drug-likeness (QED) is 0.212. The van der Waals surface area contributed by atoms with Crippen molar-refractivity contribution in [1.29, 1.82) is 0 Å². The van der Waals surface area contributed by atoms with Crippen molar-refractivity contribution in [2.75, 3.05) is 0 Å². The molecule has 0 aromatic heterocycles. The Bertz CT molecular complexity index is 180. The van der Waals surface area contributed by atoms with Crippen LogP contribution in [0.3, 0.4) is 0 Å². The van der Waals surface area contributed by atoms with Crippen molar-refractivity contribution in [3.05, 3.63) is 23.4 Å². The van der Waals surface area contributed by atoms with Crippen molar-refractivity contribution in [1.82, 2.24) is 5.12 Å². The first kappa shape index (κ1) is 29.2. The molecule has 1 aliphatic heterocycles. The van der Waals surface area contributed by atoms with Gasteiger partial charge >= 0.3 is 0 Å². The molecule has 1 atom stereocenters. The number of hydrogen-bond donors (Lipinski definition) is 0. The van der Waals surface area contributed by atoms with Crippen molar-refractivity contribution in [2.45, 2.75) is 5.50 Å². The van der Waals surface area contributed by atoms with Crippen LogP contribution in [0.15, 0.2) is 23.4 Å². The maximum atomic E-state index is 12.4. The van der Waals surface area contributed by atoms with Gasteiger partial charge in [0.05, 0.1) is 0 Å². The fraction of sp³-hybridized carbons (Fsp3) is 0.200. The summed E-state index contributed by atoms with van der Waals surface area (Å²) in [4.78, 5) is 0. The van der Waals surface area contributed by atoms with E-state index in [4.69, 9.17) is 23.2 Å². The average molecular weight is 259 g/mol. The van der Waals surface area contributed by atoms with Crippen LogP contribution in [0.25, 0.3) is 0 Å². The van der Waals surface area contributed by atoms with Crippen molar-refractivity contribution in [3.63, 3.8) is 0 Å². The third kappa shape index (κ3) is 7.02. The largest absolute Gasteiger partial charge is 0.269 e. The van der Waals surface area contributed by atoms with E-state index in [-0.39, 0.29) is 37.5 Å². The highest BCUT2D eigenvalue weighted by molar-refractivity contribution is 6.30. The number of alkyl halides is 1. The maximum absolute atomic E-state index is 12.4. The van der Waals surface area contributed by atoms with E-state index in [1.807, 2.05) is 0 Å². The van der Waals surface area contributed by atoms with Gasteiger partial charge in [0.1, 0.15) is 5.16 Å². The molecule has 14 heavy (non-hydrogen) atoms. The Kier molecular flexibility index (Phi) is 26.2. The number of halogens is 7. The fourth-order valence-electron chi connectivity index (χ4n) is 0.491. The number of nitrogens with zero attached hydrogens (tertiary/aromatic N) is 1. The monoisotopic (exact) mass is 258 g/mol. The summed E-state index contributed by atoms with van der Waals surface area (Å²) < 4.78 is 12.4. The Labute approximate surface area is 89.5 Å². The third-order valence-electron chi connectivity index (χ3n) is 0.924. The lowest BCUT2D eigenvalue weighted by Crippen LogP contribution is -2.19. The molecule has 0 spiro atoms. The molecule has 0 aromatic rings. The number of allylic oxidation sites excluding steroid dienone is 2. The van der Waals surface area contributed by atoms with Gasteiger partial charge in [0.15, 0.2) is 5.50 Å². The molecule has 0 aromatic carbocycles. The maximum Gasteiger partial charge on any atom is 0.154 e. The minimum atomic E-state index is -0.762. The molecule has 0 saturated carbocycles. The van der Waals surface area contributed by atoms with Gasteiger partial charge in [0.2, 0.25) is 0 Å². The van der Waals surface area contributed by atoms with Gasteiger partial charge in [-0.3, -0.25) is 18.8 Å². The normalized spacial score (nSPS) is 16.9. The van der Waals surface area contributed by atoms with E-state index in [1.54, 1.807) is 6.08 Å². The van der Waals surface area contributed by atoms with E-state index in [0.29, 0.717) is 0 Å². The third-order valence-corrected chi connectivity index (χ3v) is 1.53. The molecule has 1 nitrogen and oxygen atoms in total. The van der Waals surface area contributed by atoms with Gasteiger partial charge in [-0.25, -0.2) is 0 Å². The summed E-state index contributed by atoms with van der Waals surface area (Å²) in [7, 11) is 0. The highest BCUT2D eigenvalue weighted by Gasteiger charge is 2.15. The van der Waals surface area contributed by atoms with E-state index >= 15 is 0 Å². The molecule has 1 heterocycles. The van der Waals surface area contributed by atoms with Crippen LogP contribution in [0.2, 0.25) is 0 Å². The summed E-state index contributed by atoms with van der Waals surface area (Å²) in [6, 6.07) is 0. The molecule has 85 valence electrons. The van der Waals surface area contributed by atoms with Crippen molar-refractivity contribution in [3.8, 4) is 0 Å². The first-order chi connectivity index (χ1) is 4.22. The second-order valence-corrected chi connectivity index (χ2v) is 2.39. The standard InChI is InChI=1S/C5H4Cl2FN.B.4FH/c6-4-2-1-3-5(7)9(4)8;;;;;/h1-4H;;4*1H. The molecule has 0 bridgehead atoms. The summed E-state index contributed by atoms with van der Waals surface area (Å²) in [6.07, 6.45) is 4.53. The summed E-state index contributed by atoms with van der Waals surface area (Å²) in [5.41, 5.74) is -0.762. The van der Waals surface area contributed by atoms with Crippen LogP contribution >= 0.6 is 23.2 Å². The van der Waals surface area contributed by atoms with Crippen molar-refractivity contribution < 1.29 is 23.3 Å². The van der Waals surface area contributed by atoms with Crippen LogP contribution in [-0.2, 0) is 0 Å². The molecular weight excluding hydrogens is 251 g/mol. The van der Waals surface area contributed by atoms with Crippen LogP contribution in [0.5, 0.6) is 0 Å². The zero-order chi connectivity index (χ0) is 6.85. The number of rotatable bonds is 0. The molecule has 0 aliphatic carbocycles. The smallest absolute Gasteiger partial charge is 0.154 e. The minimum absolute atomic E-state index is 0. The van der Waals surface area contributed by atoms with Gasteiger partial charge in [-0.15, -0.1) is 0 Å². The molecule has 1 unspecified atom stereocenters. The molecule has 1 rings (SSSR count). The second-order valence-electron chi connectivity index (χ2n) is 1.56. The van der Waals surface area contributed by atoms with Crippen molar-refractivity contribution in [2.24, 2.45) is 0 Å². The molecule has 9 heteroatoms. The summed E-state index contributed by atoms with van der Waals surface area (Å²) in [5, 5.41) is 0.292. The zero-order valence-corrected chi connectivity index (χ0v) is 8.11. The lowest BCUT2D eigenvalue weighted by atomic mass is 10.4. The predicted octanol–water partition coefficient (Wildman–Crippen LogP) is 2.62. The average Bonchev–Trinajstić information content (AvgIpc) is 1.83. The minimum Gasteiger partial charge on any atom is -0.269 e. The molecule has 0 amide bonds. The number of hydrogen-bond acceptors (Lipinski definition) is 1. The van der Waals surface area contributed by atoms with E-state index in [1.165, 1.54) is 12.2 Å². The molecule has 0 fully saturated rings. The molecule has 0 saturated heterocycles. The van der Waals surface area contributed by atoms with Crippen LogP contribution < -0.4 is 0 Å². The van der Waals surface area contributed by atoms with Crippen molar-refractivity contribution >= 4 is 31.6 Å². The van der Waals surface area contributed by atoms with Gasteiger partial charge in [0.25, 0.3) is 0 Å². The highest BCUT2D eigenvalue weighted by Crippen LogP contribution is 2.21. The van der Waals surface area contributed by atoms with Gasteiger partial charge in [-0.05, 0) is 12.2 Å². The summed E-state index contributed by atoms with van der Waals surface area (Å²) in [6.45, 7) is 0. The Morgan fingerprint density at radius 3 is 1.93 bits per heavy atom. The Hall–Kier alpha value is -0.425. The summed E-state index contributed by atoms with van der Waals surface area (Å²) >= 11 is 10.7. The molecular formula is C5H8BCl2F5N. The first-order valence-corrected chi connectivity index (χ1v) is 3.16. The zero-order valence-electron chi connectivity index (χ0n) is 6.60. The fourth-order valence-corrected chi connectivity index (χ4v) is 0.908. The lowest BCUT2D eigenvalue weighted by molar-refractivity contribution is 0.0804. The van der Waals surface area contributed by atoms with Crippen LogP contribution in [0, 0.1) is 0 Å². The van der Waals surface area contributed by atoms with Crippen LogP contribution in [0.1, 0.15) is 0 Å². The Morgan fingerprint density at radius 2 is 1.64 bits per heavy atom. The highest BCUT2D eigenvalue weighted by atomic mass is 35.5. The Balaban J connectivity index is -0.0000000540. The van der Waals surface area contributed by atoms with Gasteiger partial charge in [-0.2, -0.15) is 5.12 Å². The predicted molar refractivity (Wildman–Crippen MR) is 51.4 cm³/mol. The van der Waals surface area contributed by atoms with Crippen LogP contribution in [-0.4, -0.2) is 19.0 Å². The summed E-state index contributed by atoms with van der Waals surface area (Å²) in [5.74, 6) is 0. The van der Waals surface area contributed by atoms with E-state index in [2.05, 4.69) is 0 Å². The topological polar surface area (TPSA) is 3.24 Å². The van der Waals surface area contributed by atoms with Gasteiger partial charge in [-0.1, -0.05) is 33.8 Å². The van der Waals surface area contributed by atoms with Gasteiger partial charge < -0.3 is 0 Å². The van der Waals surface area contributed by atoms with E-state index in [0.717, 1.165) is 0 Å².